The van der Waals surface area contributed by atoms with Crippen LogP contribution in [0.1, 0.15) is 38.3 Å². The predicted molar refractivity (Wildman–Crippen MR) is 84.1 cm³/mol. The zero-order valence-electron chi connectivity index (χ0n) is 13.2. The van der Waals surface area contributed by atoms with E-state index in [9.17, 15) is 4.79 Å². The van der Waals surface area contributed by atoms with Crippen molar-refractivity contribution in [3.8, 4) is 5.75 Å². The number of hydrogen-bond donors (Lipinski definition) is 1. The van der Waals surface area contributed by atoms with Crippen LogP contribution in [-0.4, -0.2) is 31.0 Å². The first-order chi connectivity index (χ1) is 10.1. The Hall–Kier alpha value is -1.55. The van der Waals surface area contributed by atoms with Crippen molar-refractivity contribution < 1.29 is 9.53 Å². The summed E-state index contributed by atoms with van der Waals surface area (Å²) in [6, 6.07) is 8.42. The highest BCUT2D eigenvalue weighted by Crippen LogP contribution is 2.46. The lowest BCUT2D eigenvalue weighted by Crippen LogP contribution is -2.46. The molecule has 0 bridgehead atoms. The van der Waals surface area contributed by atoms with E-state index in [-0.39, 0.29) is 17.9 Å². The zero-order chi connectivity index (χ0) is 15.4. The van der Waals surface area contributed by atoms with Crippen molar-refractivity contribution in [2.24, 2.45) is 17.6 Å². The number of hydrogen-bond acceptors (Lipinski definition) is 3. The molecular weight excluding hydrogens is 264 g/mol. The third kappa shape index (κ3) is 3.21. The molecule has 0 aromatic heterocycles. The summed E-state index contributed by atoms with van der Waals surface area (Å²) in [6.45, 7) is 6.24. The molecule has 1 aromatic rings. The van der Waals surface area contributed by atoms with E-state index in [4.69, 9.17) is 10.5 Å². The monoisotopic (exact) mass is 290 g/mol. The van der Waals surface area contributed by atoms with Crippen LogP contribution >= 0.6 is 0 Å². The van der Waals surface area contributed by atoms with Crippen molar-refractivity contribution in [3.05, 3.63) is 29.8 Å². The second kappa shape index (κ2) is 6.94. The molecule has 116 valence electrons. The van der Waals surface area contributed by atoms with Gasteiger partial charge >= 0.3 is 0 Å². The number of methoxy groups -OCH3 is 1. The van der Waals surface area contributed by atoms with Gasteiger partial charge < -0.3 is 10.5 Å². The molecule has 0 heterocycles. The van der Waals surface area contributed by atoms with Crippen molar-refractivity contribution in [1.29, 1.82) is 0 Å². The molecule has 1 saturated carbocycles. The van der Waals surface area contributed by atoms with Crippen LogP contribution in [0, 0.1) is 11.8 Å². The highest BCUT2D eigenvalue weighted by Gasteiger charge is 2.42. The lowest BCUT2D eigenvalue weighted by Gasteiger charge is -2.45. The van der Waals surface area contributed by atoms with E-state index < -0.39 is 0 Å². The van der Waals surface area contributed by atoms with E-state index in [0.29, 0.717) is 5.92 Å². The van der Waals surface area contributed by atoms with Crippen LogP contribution in [0.4, 0.5) is 0 Å². The lowest BCUT2D eigenvalue weighted by atomic mass is 9.67. The number of carbonyl (C=O) groups is 1. The molecule has 3 unspecified atom stereocenters. The van der Waals surface area contributed by atoms with E-state index >= 15 is 0 Å². The third-order valence-electron chi connectivity index (χ3n) is 4.74. The molecule has 2 rings (SSSR count). The Kier molecular flexibility index (Phi) is 5.23. The molecule has 0 aliphatic heterocycles. The molecule has 1 aliphatic rings. The first-order valence-electron chi connectivity index (χ1n) is 7.79. The second-order valence-electron chi connectivity index (χ2n) is 5.69. The van der Waals surface area contributed by atoms with Gasteiger partial charge in [0.05, 0.1) is 7.11 Å². The van der Waals surface area contributed by atoms with Gasteiger partial charge in [-0.05, 0) is 49.5 Å². The molecule has 1 aromatic carbocycles. The molecule has 1 aliphatic carbocycles. The van der Waals surface area contributed by atoms with Gasteiger partial charge in [-0.25, -0.2) is 0 Å². The third-order valence-corrected chi connectivity index (χ3v) is 4.74. The van der Waals surface area contributed by atoms with E-state index in [1.54, 1.807) is 7.11 Å². The Morgan fingerprint density at radius 2 is 2.10 bits per heavy atom. The minimum atomic E-state index is -0.161. The summed E-state index contributed by atoms with van der Waals surface area (Å²) in [5, 5.41) is 0. The standard InChI is InChI=1S/C17H26N2O2/c1-4-19(5-2)16(14-9-10-15(14)17(18)20)12-7-6-8-13(11-12)21-3/h6-8,11,14-16H,4-5,9-10H2,1-3H3,(H2,18,20). The second-order valence-corrected chi connectivity index (χ2v) is 5.69. The molecule has 0 saturated heterocycles. The van der Waals surface area contributed by atoms with Crippen LogP contribution < -0.4 is 10.5 Å². The van der Waals surface area contributed by atoms with Crippen LogP contribution in [0.2, 0.25) is 0 Å². The fraction of sp³-hybridized carbons (Fsp3) is 0.588. The number of ether oxygens (including phenoxy) is 1. The van der Waals surface area contributed by atoms with Gasteiger partial charge in [0.2, 0.25) is 5.91 Å². The van der Waals surface area contributed by atoms with Crippen molar-refractivity contribution in [3.63, 3.8) is 0 Å². The largest absolute Gasteiger partial charge is 0.497 e. The number of nitrogens with two attached hydrogens (primary N) is 1. The zero-order valence-corrected chi connectivity index (χ0v) is 13.2. The summed E-state index contributed by atoms with van der Waals surface area (Å²) >= 11 is 0. The van der Waals surface area contributed by atoms with Crippen molar-refractivity contribution in [2.75, 3.05) is 20.2 Å². The molecule has 0 spiro atoms. The minimum absolute atomic E-state index is 0.00167. The van der Waals surface area contributed by atoms with Crippen LogP contribution in [0.3, 0.4) is 0 Å². The molecule has 3 atom stereocenters. The van der Waals surface area contributed by atoms with Crippen LogP contribution in [-0.2, 0) is 4.79 Å². The molecular formula is C17H26N2O2. The van der Waals surface area contributed by atoms with E-state index in [1.165, 1.54) is 5.56 Å². The number of primary amides is 1. The van der Waals surface area contributed by atoms with Gasteiger partial charge in [-0.15, -0.1) is 0 Å². The molecule has 4 nitrogen and oxygen atoms in total. The van der Waals surface area contributed by atoms with Crippen molar-refractivity contribution in [1.82, 2.24) is 4.90 Å². The topological polar surface area (TPSA) is 55.6 Å². The average molecular weight is 290 g/mol. The van der Waals surface area contributed by atoms with E-state index in [1.807, 2.05) is 12.1 Å². The highest BCUT2D eigenvalue weighted by atomic mass is 16.5. The summed E-state index contributed by atoms with van der Waals surface area (Å²) in [4.78, 5) is 14.0. The fourth-order valence-corrected chi connectivity index (χ4v) is 3.43. The maximum atomic E-state index is 11.6. The van der Waals surface area contributed by atoms with Gasteiger partial charge in [0.15, 0.2) is 0 Å². The number of carbonyl (C=O) groups excluding carboxylic acids is 1. The predicted octanol–water partition coefficient (Wildman–Crippen LogP) is 2.59. The normalized spacial score (nSPS) is 22.7. The van der Waals surface area contributed by atoms with Crippen LogP contribution in [0.5, 0.6) is 5.75 Å². The fourth-order valence-electron chi connectivity index (χ4n) is 3.43. The van der Waals surface area contributed by atoms with Crippen molar-refractivity contribution >= 4 is 5.91 Å². The maximum Gasteiger partial charge on any atom is 0.220 e. The SMILES string of the molecule is CCN(CC)C(c1cccc(OC)c1)C1CCC1C(N)=O. The van der Waals surface area contributed by atoms with E-state index in [2.05, 4.69) is 30.9 Å². The van der Waals surface area contributed by atoms with Gasteiger partial charge in [-0.2, -0.15) is 0 Å². The minimum Gasteiger partial charge on any atom is -0.497 e. The summed E-state index contributed by atoms with van der Waals surface area (Å²) in [6.07, 6.45) is 1.98. The Morgan fingerprint density at radius 3 is 2.57 bits per heavy atom. The van der Waals surface area contributed by atoms with Gasteiger partial charge in [-0.1, -0.05) is 26.0 Å². The summed E-state index contributed by atoms with van der Waals surface area (Å²) in [5.74, 6) is 1.02. The molecule has 1 amide bonds. The van der Waals surface area contributed by atoms with Gasteiger partial charge in [-0.3, -0.25) is 9.69 Å². The van der Waals surface area contributed by atoms with Crippen molar-refractivity contribution in [2.45, 2.75) is 32.7 Å². The number of benzene rings is 1. The summed E-state index contributed by atoms with van der Waals surface area (Å²) in [5.41, 5.74) is 6.78. The Bertz CT molecular complexity index is 485. The summed E-state index contributed by atoms with van der Waals surface area (Å²) < 4.78 is 5.35. The molecule has 4 heteroatoms. The molecule has 2 N–H and O–H groups in total. The van der Waals surface area contributed by atoms with Gasteiger partial charge in [0.25, 0.3) is 0 Å². The Balaban J connectivity index is 2.33. The summed E-state index contributed by atoms with van der Waals surface area (Å²) in [7, 11) is 1.68. The smallest absolute Gasteiger partial charge is 0.220 e. The van der Waals surface area contributed by atoms with E-state index in [0.717, 1.165) is 31.7 Å². The molecule has 1 fully saturated rings. The number of amides is 1. The van der Waals surface area contributed by atoms with Crippen LogP contribution in [0.25, 0.3) is 0 Å². The number of rotatable bonds is 7. The van der Waals surface area contributed by atoms with Crippen LogP contribution in [0.15, 0.2) is 24.3 Å². The molecule has 0 radical (unpaired) electrons. The molecule has 21 heavy (non-hydrogen) atoms. The Labute approximate surface area is 127 Å². The quantitative estimate of drug-likeness (QED) is 0.839. The lowest BCUT2D eigenvalue weighted by molar-refractivity contribution is -0.129. The highest BCUT2D eigenvalue weighted by molar-refractivity contribution is 5.78. The van der Waals surface area contributed by atoms with Gasteiger partial charge in [0.1, 0.15) is 5.75 Å². The number of nitrogens with zero attached hydrogens (tertiary/aromatic N) is 1. The van der Waals surface area contributed by atoms with Gasteiger partial charge in [0, 0.05) is 12.0 Å². The first-order valence-corrected chi connectivity index (χ1v) is 7.79. The maximum absolute atomic E-state index is 11.6. The average Bonchev–Trinajstić information content (AvgIpc) is 2.45. The first kappa shape index (κ1) is 15.8. The Morgan fingerprint density at radius 1 is 1.38 bits per heavy atom.